The number of aromatic nitrogens is 1. The van der Waals surface area contributed by atoms with Crippen molar-refractivity contribution in [2.45, 2.75) is 230 Å². The maximum absolute atomic E-state index is 15.0. The SMILES string of the molecule is CC[C@H](C)[C@@H]1NC(=O)[C@H]([C@H](C)CC(=O)O)NC(=O)[C@@H](CC(N)=O)NC(=O)CNC(=O)[C@H]([C@H](OC)C(=O)O)NC(=O)[C@@H](CC(N)=O)NC(=O)[C@H](CC(=O)O)NC(=O)[C@H](C)NC(=O)CN(C)C(=O)[C@@H](NC(=O)[C@@H](NC(=O)[C@@H](CCC(=O)O)NC(=O)[C@H](Cc2c[nH]c3ccccc23)NC(=O)CCCCCCCC(C)C)[C@H](O)C(N)=O)[C@H](C)OC1=O. The Kier molecular flexibility index (Phi) is 40.6. The number of nitrogens with two attached hydrogens (primary N) is 3. The van der Waals surface area contributed by atoms with Crippen LogP contribution in [0.25, 0.3) is 10.9 Å². The largest absolute Gasteiger partial charge is 0.481 e. The molecule has 3 rings (SSSR count). The molecule has 1 aliphatic heterocycles. The number of H-pyrrole nitrogens is 1. The van der Waals surface area contributed by atoms with Crippen molar-refractivity contribution in [2.24, 2.45) is 35.0 Å². The highest BCUT2D eigenvalue weighted by atomic mass is 16.5. The summed E-state index contributed by atoms with van der Waals surface area (Å²) in [5.74, 6) is -33.1. The van der Waals surface area contributed by atoms with E-state index in [4.69, 9.17) is 26.7 Å². The molecule has 0 aliphatic carbocycles. The third kappa shape index (κ3) is 33.1. The first-order valence-electron chi connectivity index (χ1n) is 37.3. The molecule has 16 atom stereocenters. The van der Waals surface area contributed by atoms with Gasteiger partial charge in [-0.25, -0.2) is 9.59 Å². The lowest BCUT2D eigenvalue weighted by atomic mass is 9.94. The molecule has 0 unspecified atom stereocenters. The first-order valence-corrected chi connectivity index (χ1v) is 37.3. The standard InChI is InChI=1S/C72H107N17O28/c1-10-33(4)54-72(115)117-36(7)55(86-69(111)56(58(101)60(75)102)87-62(104)40(22-23-50(95)96)81-63(105)41(25-37-29-76-39-20-17-16-19-38(37)39)79-47(92)21-15-13-11-12-14-18-32(2)3)70(112)89(8)31-49(94)78-35(6)61(103)82-44(28-52(99)100)64(106)83-43(27-46(74)91)66(108)88-57(59(116-9)71(113)114)67(109)77-30-48(93)80-42(26-45(73)90)65(107)84-53(68(110)85-54)34(5)24-51(97)98/h16-17,19-20,29,32-36,40-44,53-59,76,101H,10-15,18,21-28,30-31H2,1-9H3,(H2,73,90)(H2,74,91)(H2,75,102)(H,77,109)(H,78,94)(H,79,92)(H,80,93)(H,81,105)(H,82,103)(H,83,106)(H,84,107)(H,85,110)(H,86,111)(H,87,104)(H,88,108)(H,95,96)(H,97,98)(H,99,100)(H,113,114)/t33-,34+,35-,36-,40+,41-,42+,43+,44-,53-,54-,55-,56-,57-,58-,59-/m0/s1. The predicted octanol–water partition coefficient (Wildman–Crippen LogP) is -6.84. The molecule has 1 aliphatic rings. The van der Waals surface area contributed by atoms with E-state index in [0.717, 1.165) is 60.6 Å². The van der Waals surface area contributed by atoms with Crippen molar-refractivity contribution in [1.82, 2.24) is 73.7 Å². The number of cyclic esters (lactones) is 1. The van der Waals surface area contributed by atoms with E-state index in [2.05, 4.69) is 50.7 Å². The lowest BCUT2D eigenvalue weighted by Crippen LogP contribution is -2.64. The first-order chi connectivity index (χ1) is 54.8. The van der Waals surface area contributed by atoms with E-state index < -0.39 is 273 Å². The number of amides is 16. The van der Waals surface area contributed by atoms with E-state index in [1.807, 2.05) is 31.9 Å². The second-order valence-electron chi connectivity index (χ2n) is 28.6. The lowest BCUT2D eigenvalue weighted by Gasteiger charge is -2.33. The van der Waals surface area contributed by atoms with E-state index in [1.165, 1.54) is 13.8 Å². The summed E-state index contributed by atoms with van der Waals surface area (Å²) in [6, 6.07) is -16.7. The van der Waals surface area contributed by atoms with Gasteiger partial charge in [-0.1, -0.05) is 91.3 Å². The number of unbranched alkanes of at least 4 members (excludes halogenated alkanes) is 4. The maximum atomic E-state index is 15.0. The molecule has 1 aromatic carbocycles. The van der Waals surface area contributed by atoms with Gasteiger partial charge in [0.1, 0.15) is 72.6 Å². The normalized spacial score (nSPS) is 22.0. The number of ether oxygens (including phenoxy) is 2. The highest BCUT2D eigenvalue weighted by Crippen LogP contribution is 2.22. The Labute approximate surface area is 670 Å². The number of rotatable bonds is 36. The van der Waals surface area contributed by atoms with Gasteiger partial charge in [0.2, 0.25) is 94.5 Å². The number of fused-ring (bicyclic) bond motifs is 1. The fourth-order valence-electron chi connectivity index (χ4n) is 11.9. The van der Waals surface area contributed by atoms with Crippen LogP contribution in [0.2, 0.25) is 0 Å². The van der Waals surface area contributed by atoms with Crippen LogP contribution in [-0.4, -0.2) is 272 Å². The summed E-state index contributed by atoms with van der Waals surface area (Å²) >= 11 is 0. The average molecular weight is 1660 g/mol. The molecule has 1 saturated heterocycles. The third-order valence-electron chi connectivity index (χ3n) is 18.6. The van der Waals surface area contributed by atoms with Gasteiger partial charge in [-0.05, 0) is 56.1 Å². The molecule has 45 heteroatoms. The number of methoxy groups -OCH3 is 1. The zero-order valence-corrected chi connectivity index (χ0v) is 66.0. The van der Waals surface area contributed by atoms with Crippen LogP contribution in [0.4, 0.5) is 0 Å². The van der Waals surface area contributed by atoms with Crippen molar-refractivity contribution >= 4 is 135 Å². The number of carboxylic acids is 4. The molecule has 0 saturated carbocycles. The molecule has 0 bridgehead atoms. The zero-order chi connectivity index (χ0) is 88.4. The molecule has 0 spiro atoms. The Morgan fingerprint density at radius 1 is 0.598 bits per heavy atom. The number of nitrogens with one attached hydrogen (secondary N) is 13. The number of aliphatic hydroxyl groups excluding tert-OH is 1. The minimum Gasteiger partial charge on any atom is -0.481 e. The van der Waals surface area contributed by atoms with Crippen LogP contribution in [0.15, 0.2) is 30.5 Å². The van der Waals surface area contributed by atoms with Crippen LogP contribution < -0.4 is 81.0 Å². The molecule has 45 nitrogen and oxygen atoms in total. The summed E-state index contributed by atoms with van der Waals surface area (Å²) in [7, 11) is 1.60. The van der Waals surface area contributed by atoms with E-state index >= 15 is 0 Å². The smallest absolute Gasteiger partial charge is 0.335 e. The summed E-state index contributed by atoms with van der Waals surface area (Å²) in [6.07, 6.45) is -7.50. The molecule has 1 aromatic heterocycles. The van der Waals surface area contributed by atoms with E-state index in [0.29, 0.717) is 40.1 Å². The van der Waals surface area contributed by atoms with Crippen LogP contribution in [0.1, 0.15) is 144 Å². The molecule has 117 heavy (non-hydrogen) atoms. The Bertz CT molecular complexity index is 3970. The molecule has 648 valence electrons. The number of primary amides is 3. The van der Waals surface area contributed by atoms with Gasteiger partial charge in [-0.3, -0.25) is 91.1 Å². The number of benzene rings is 1. The van der Waals surface area contributed by atoms with E-state index in [1.54, 1.807) is 30.5 Å². The Morgan fingerprint density at radius 2 is 1.16 bits per heavy atom. The molecule has 16 amide bonds. The van der Waals surface area contributed by atoms with Crippen LogP contribution in [0, 0.1) is 17.8 Å². The number of carbonyl (C=O) groups excluding carboxylic acids is 17. The number of aliphatic carboxylic acids is 4. The number of hydrogen-bond donors (Lipinski definition) is 21. The summed E-state index contributed by atoms with van der Waals surface area (Å²) in [4.78, 5) is 289. The molecule has 2 aromatic rings. The summed E-state index contributed by atoms with van der Waals surface area (Å²) in [5.41, 5.74) is 17.4. The van der Waals surface area contributed by atoms with Gasteiger partial charge in [0.15, 0.2) is 12.2 Å². The topological polar surface area (TPSA) is 720 Å². The Hall–Kier alpha value is -12.5. The molecule has 0 radical (unpaired) electrons. The lowest BCUT2D eigenvalue weighted by molar-refractivity contribution is -0.159. The van der Waals surface area contributed by atoms with Gasteiger partial charge >= 0.3 is 29.8 Å². The van der Waals surface area contributed by atoms with Gasteiger partial charge in [-0.2, -0.15) is 0 Å². The number of likely N-dealkylation sites (N-methyl/N-ethyl adjacent to an activating group) is 1. The van der Waals surface area contributed by atoms with Crippen molar-refractivity contribution in [2.75, 3.05) is 27.2 Å². The van der Waals surface area contributed by atoms with Crippen molar-refractivity contribution in [3.8, 4) is 0 Å². The molecule has 1 fully saturated rings. The number of carboxylic acid groups (broad SMARTS) is 4. The van der Waals surface area contributed by atoms with Crippen LogP contribution in [-0.2, 0) is 117 Å². The van der Waals surface area contributed by atoms with Gasteiger partial charge in [0.25, 0.3) is 0 Å². The number of carbonyl (C=O) groups is 21. The van der Waals surface area contributed by atoms with Crippen molar-refractivity contribution < 1.29 is 136 Å². The number of nitrogens with zero attached hydrogens (tertiary/aromatic N) is 1. The van der Waals surface area contributed by atoms with Crippen LogP contribution in [0.5, 0.6) is 0 Å². The number of hydrogen-bond acceptors (Lipinski definition) is 24. The van der Waals surface area contributed by atoms with E-state index in [9.17, 15) is 126 Å². The summed E-state index contributed by atoms with van der Waals surface area (Å²) in [6.45, 7) is 7.57. The zero-order valence-electron chi connectivity index (χ0n) is 66.0. The third-order valence-corrected chi connectivity index (χ3v) is 18.6. The summed E-state index contributed by atoms with van der Waals surface area (Å²) in [5, 5.41) is 77.3. The van der Waals surface area contributed by atoms with Gasteiger partial charge in [-0.15, -0.1) is 0 Å². The molecular formula is C72H107N17O28. The van der Waals surface area contributed by atoms with Gasteiger partial charge in [0.05, 0.1) is 38.8 Å². The number of esters is 1. The molecule has 24 N–H and O–H groups in total. The Morgan fingerprint density at radius 3 is 1.74 bits per heavy atom. The van der Waals surface area contributed by atoms with Crippen LogP contribution >= 0.6 is 0 Å². The monoisotopic (exact) mass is 1660 g/mol. The molecular weight excluding hydrogens is 1550 g/mol. The predicted molar refractivity (Wildman–Crippen MR) is 404 cm³/mol. The second-order valence-corrected chi connectivity index (χ2v) is 28.6. The maximum Gasteiger partial charge on any atom is 0.335 e. The minimum atomic E-state index is -2.82. The Balaban J connectivity index is 2.29. The summed E-state index contributed by atoms with van der Waals surface area (Å²) < 4.78 is 10.6. The van der Waals surface area contributed by atoms with Crippen molar-refractivity contribution in [3.63, 3.8) is 0 Å². The minimum absolute atomic E-state index is 0.0337. The fraction of sp³-hybridized carbons (Fsp3) is 0.597. The highest BCUT2D eigenvalue weighted by Gasteiger charge is 2.44. The van der Waals surface area contributed by atoms with Crippen molar-refractivity contribution in [3.05, 3.63) is 36.0 Å². The van der Waals surface area contributed by atoms with Crippen molar-refractivity contribution in [1.29, 1.82) is 0 Å². The quantitative estimate of drug-likeness (QED) is 0.0223. The van der Waals surface area contributed by atoms with Gasteiger partial charge < -0.3 is 126 Å². The number of aliphatic hydroxyl groups is 1. The first kappa shape index (κ1) is 98.7. The van der Waals surface area contributed by atoms with Crippen LogP contribution in [0.3, 0.4) is 0 Å². The average Bonchev–Trinajstić information content (AvgIpc) is 1.81. The number of aromatic amines is 1. The number of para-hydroxylation sites is 1. The second kappa shape index (κ2) is 48.0. The fourth-order valence-corrected chi connectivity index (χ4v) is 11.9. The highest BCUT2D eigenvalue weighted by molar-refractivity contribution is 6.03. The molecule has 2 heterocycles. The van der Waals surface area contributed by atoms with E-state index in [-0.39, 0.29) is 19.3 Å². The van der Waals surface area contributed by atoms with Gasteiger partial charge in [0, 0.05) is 50.5 Å².